The summed E-state index contributed by atoms with van der Waals surface area (Å²) >= 11 is 0. The van der Waals surface area contributed by atoms with Crippen LogP contribution in [-0.2, 0) is 11.8 Å². The number of rotatable bonds is 5. The van der Waals surface area contributed by atoms with Crippen molar-refractivity contribution in [3.05, 3.63) is 54.6 Å². The van der Waals surface area contributed by atoms with Gasteiger partial charge in [-0.3, -0.25) is 9.48 Å². The number of nitrogens with zero attached hydrogens (tertiary/aromatic N) is 5. The van der Waals surface area contributed by atoms with Crippen LogP contribution in [0.15, 0.2) is 48.9 Å². The lowest BCUT2D eigenvalue weighted by Gasteiger charge is -2.18. The largest absolute Gasteiger partial charge is 0.495 e. The molecular formula is C23H19F3N6O2. The third-order valence-corrected chi connectivity index (χ3v) is 6.19. The number of hydrogen-bond donors (Lipinski definition) is 1. The van der Waals surface area contributed by atoms with E-state index in [4.69, 9.17) is 10.5 Å². The van der Waals surface area contributed by atoms with Gasteiger partial charge in [0.1, 0.15) is 29.0 Å². The number of pyridine rings is 1. The Morgan fingerprint density at radius 2 is 1.94 bits per heavy atom. The zero-order valence-electron chi connectivity index (χ0n) is 18.2. The van der Waals surface area contributed by atoms with E-state index in [0.29, 0.717) is 22.5 Å². The van der Waals surface area contributed by atoms with Crippen molar-refractivity contribution in [1.82, 2.24) is 24.7 Å². The Bertz CT molecular complexity index is 1420. The first kappa shape index (κ1) is 21.8. The summed E-state index contributed by atoms with van der Waals surface area (Å²) in [5.74, 6) is -2.60. The van der Waals surface area contributed by atoms with Crippen molar-refractivity contribution in [1.29, 1.82) is 0 Å². The van der Waals surface area contributed by atoms with Crippen LogP contribution in [0.3, 0.4) is 0 Å². The molecule has 34 heavy (non-hydrogen) atoms. The summed E-state index contributed by atoms with van der Waals surface area (Å²) in [5, 5.41) is 4.54. The Morgan fingerprint density at radius 3 is 2.56 bits per heavy atom. The van der Waals surface area contributed by atoms with Gasteiger partial charge in [0, 0.05) is 36.4 Å². The van der Waals surface area contributed by atoms with Crippen molar-refractivity contribution in [3.8, 4) is 28.3 Å². The molecule has 1 aliphatic carbocycles. The highest BCUT2D eigenvalue weighted by molar-refractivity contribution is 5.94. The van der Waals surface area contributed by atoms with Crippen LogP contribution < -0.4 is 10.5 Å². The maximum absolute atomic E-state index is 13.8. The lowest BCUT2D eigenvalue weighted by Crippen LogP contribution is -2.39. The number of aryl methyl sites for hydroxylation is 1. The fraction of sp³-hybridized carbons (Fsp3) is 0.261. The van der Waals surface area contributed by atoms with Gasteiger partial charge in [0.15, 0.2) is 5.41 Å². The van der Waals surface area contributed by atoms with E-state index in [2.05, 4.69) is 20.1 Å². The Labute approximate surface area is 191 Å². The van der Waals surface area contributed by atoms with E-state index in [1.54, 1.807) is 17.9 Å². The fourth-order valence-electron chi connectivity index (χ4n) is 4.38. The van der Waals surface area contributed by atoms with Gasteiger partial charge in [-0.25, -0.2) is 15.0 Å². The second-order valence-corrected chi connectivity index (χ2v) is 8.19. The van der Waals surface area contributed by atoms with Gasteiger partial charge in [0.2, 0.25) is 5.91 Å². The lowest BCUT2D eigenvalue weighted by molar-refractivity contribution is -0.192. The normalized spacial score (nSPS) is 19.9. The molecule has 4 aromatic rings. The van der Waals surface area contributed by atoms with E-state index in [-0.39, 0.29) is 17.0 Å². The number of ether oxygens (including phenoxy) is 1. The number of hydrogen-bond acceptors (Lipinski definition) is 6. The number of amides is 1. The number of halogens is 3. The predicted octanol–water partition coefficient (Wildman–Crippen LogP) is 3.62. The number of primary amides is 1. The van der Waals surface area contributed by atoms with Gasteiger partial charge in [0.05, 0.1) is 18.3 Å². The number of benzene rings is 1. The Balaban J connectivity index is 1.72. The molecule has 0 aliphatic heterocycles. The monoisotopic (exact) mass is 468 g/mol. The van der Waals surface area contributed by atoms with Crippen molar-refractivity contribution >= 4 is 16.9 Å². The predicted molar refractivity (Wildman–Crippen MR) is 117 cm³/mol. The zero-order valence-corrected chi connectivity index (χ0v) is 18.2. The fourth-order valence-corrected chi connectivity index (χ4v) is 4.38. The van der Waals surface area contributed by atoms with Crippen molar-refractivity contribution in [3.63, 3.8) is 0 Å². The molecule has 1 saturated carbocycles. The van der Waals surface area contributed by atoms with Crippen LogP contribution in [0.25, 0.3) is 33.5 Å². The molecule has 174 valence electrons. The topological polar surface area (TPSA) is 109 Å². The van der Waals surface area contributed by atoms with Gasteiger partial charge in [-0.05, 0) is 6.42 Å². The third kappa shape index (κ3) is 3.18. The van der Waals surface area contributed by atoms with Gasteiger partial charge in [0.25, 0.3) is 0 Å². The molecule has 0 bridgehead atoms. The number of carbonyl (C=O) groups excluding carboxylic acids is 1. The van der Waals surface area contributed by atoms with E-state index >= 15 is 0 Å². The first-order valence-electron chi connectivity index (χ1n) is 10.3. The highest BCUT2D eigenvalue weighted by Crippen LogP contribution is 2.68. The van der Waals surface area contributed by atoms with Crippen LogP contribution in [0.4, 0.5) is 13.2 Å². The van der Waals surface area contributed by atoms with Gasteiger partial charge in [-0.2, -0.15) is 18.3 Å². The number of nitrogens with two attached hydrogens (primary N) is 1. The molecular weight excluding hydrogens is 449 g/mol. The quantitative estimate of drug-likeness (QED) is 0.479. The van der Waals surface area contributed by atoms with E-state index in [0.717, 1.165) is 5.56 Å². The molecule has 0 radical (unpaired) electrons. The van der Waals surface area contributed by atoms with Crippen LogP contribution in [0, 0.1) is 5.41 Å². The van der Waals surface area contributed by atoms with Gasteiger partial charge in [-0.15, -0.1) is 0 Å². The van der Waals surface area contributed by atoms with Crippen molar-refractivity contribution in [2.45, 2.75) is 18.5 Å². The SMILES string of the molecule is COc1cc2ncnc(-c3cn(C)nc3-c3ccccc3)c2nc1C1CC1(C(N)=O)C(F)(F)F. The number of alkyl halides is 3. The average Bonchev–Trinajstić information content (AvgIpc) is 3.48. The second-order valence-electron chi connectivity index (χ2n) is 8.19. The first-order valence-corrected chi connectivity index (χ1v) is 10.3. The summed E-state index contributed by atoms with van der Waals surface area (Å²) < 4.78 is 48.4. The summed E-state index contributed by atoms with van der Waals surface area (Å²) in [6.45, 7) is 0. The molecule has 0 saturated heterocycles. The highest BCUT2D eigenvalue weighted by Gasteiger charge is 2.76. The summed E-state index contributed by atoms with van der Waals surface area (Å²) in [5.41, 5.74) is 5.67. The molecule has 1 fully saturated rings. The molecule has 3 aromatic heterocycles. The smallest absolute Gasteiger partial charge is 0.403 e. The van der Waals surface area contributed by atoms with Gasteiger partial charge >= 0.3 is 6.18 Å². The third-order valence-electron chi connectivity index (χ3n) is 6.19. The zero-order chi connectivity index (χ0) is 24.3. The minimum atomic E-state index is -4.81. The van der Waals surface area contributed by atoms with Gasteiger partial charge < -0.3 is 10.5 Å². The van der Waals surface area contributed by atoms with Crippen LogP contribution in [0.1, 0.15) is 18.0 Å². The summed E-state index contributed by atoms with van der Waals surface area (Å²) in [6, 6.07) is 10.9. The highest BCUT2D eigenvalue weighted by atomic mass is 19.4. The molecule has 8 nitrogen and oxygen atoms in total. The number of aromatic nitrogens is 5. The Kier molecular flexibility index (Phi) is 4.81. The average molecular weight is 468 g/mol. The molecule has 11 heteroatoms. The molecule has 0 spiro atoms. The number of methoxy groups -OCH3 is 1. The van der Waals surface area contributed by atoms with Crippen molar-refractivity contribution in [2.24, 2.45) is 18.2 Å². The summed E-state index contributed by atoms with van der Waals surface area (Å²) in [7, 11) is 3.08. The van der Waals surface area contributed by atoms with Crippen molar-refractivity contribution < 1.29 is 22.7 Å². The van der Waals surface area contributed by atoms with E-state index in [1.807, 2.05) is 30.3 Å². The second kappa shape index (κ2) is 7.51. The van der Waals surface area contributed by atoms with E-state index < -0.39 is 29.8 Å². The summed E-state index contributed by atoms with van der Waals surface area (Å²) in [6.07, 6.45) is -2.20. The van der Waals surface area contributed by atoms with E-state index in [1.165, 1.54) is 19.5 Å². The Morgan fingerprint density at radius 1 is 1.21 bits per heavy atom. The van der Waals surface area contributed by atoms with Crippen molar-refractivity contribution in [2.75, 3.05) is 7.11 Å². The van der Waals surface area contributed by atoms with Gasteiger partial charge in [-0.1, -0.05) is 30.3 Å². The van der Waals surface area contributed by atoms with Crippen LogP contribution in [0.5, 0.6) is 5.75 Å². The Hall–Kier alpha value is -4.02. The van der Waals surface area contributed by atoms with E-state index in [9.17, 15) is 18.0 Å². The number of fused-ring (bicyclic) bond motifs is 1. The molecule has 3 heterocycles. The molecule has 5 rings (SSSR count). The van der Waals surface area contributed by atoms with Crippen LogP contribution in [-0.4, -0.2) is 43.9 Å². The maximum atomic E-state index is 13.8. The molecule has 2 atom stereocenters. The standard InChI is InChI=1S/C23H19F3N6O2/c1-32-10-13(17(31-32)12-6-4-3-5-7-12)18-20-15(28-11-29-18)8-16(34-2)19(30-20)14-9-22(14,21(27)33)23(24,25)26/h3-8,10-11,14H,9H2,1-2H3,(H2,27,33). The lowest BCUT2D eigenvalue weighted by atomic mass is 9.99. The first-order chi connectivity index (χ1) is 16.2. The minimum absolute atomic E-state index is 0.00711. The molecule has 2 N–H and O–H groups in total. The van der Waals surface area contributed by atoms with Crippen LogP contribution in [0.2, 0.25) is 0 Å². The minimum Gasteiger partial charge on any atom is -0.495 e. The molecule has 1 aliphatic rings. The van der Waals surface area contributed by atoms with Crippen LogP contribution >= 0.6 is 0 Å². The number of carbonyl (C=O) groups is 1. The molecule has 1 amide bonds. The summed E-state index contributed by atoms with van der Waals surface area (Å²) in [4.78, 5) is 25.0. The maximum Gasteiger partial charge on any atom is 0.403 e. The molecule has 1 aromatic carbocycles. The molecule has 2 unspecified atom stereocenters.